The van der Waals surface area contributed by atoms with Gasteiger partial charge < -0.3 is 5.11 Å². The fourth-order valence-corrected chi connectivity index (χ4v) is 1.45. The number of aliphatic hydroxyl groups is 1. The summed E-state index contributed by atoms with van der Waals surface area (Å²) in [6.07, 6.45) is 6.98. The molecule has 1 aromatic heterocycles. The first kappa shape index (κ1) is 11.4. The van der Waals surface area contributed by atoms with Crippen molar-refractivity contribution < 1.29 is 5.11 Å². The van der Waals surface area contributed by atoms with Gasteiger partial charge in [0.2, 0.25) is 0 Å². The molecule has 0 unspecified atom stereocenters. The number of unbranched alkanes of at least 4 members (excludes halogenated alkanes) is 2. The molecule has 14 heavy (non-hydrogen) atoms. The summed E-state index contributed by atoms with van der Waals surface area (Å²) in [7, 11) is 0. The van der Waals surface area contributed by atoms with Crippen molar-refractivity contribution in [1.29, 1.82) is 0 Å². The van der Waals surface area contributed by atoms with E-state index in [2.05, 4.69) is 27.0 Å². The quantitative estimate of drug-likeness (QED) is 0.648. The van der Waals surface area contributed by atoms with E-state index in [0.29, 0.717) is 0 Å². The first-order chi connectivity index (χ1) is 6.83. The summed E-state index contributed by atoms with van der Waals surface area (Å²) >= 11 is 3.32. The molecule has 0 fully saturated rings. The molecule has 0 radical (unpaired) electrons. The Morgan fingerprint density at radius 1 is 1.36 bits per heavy atom. The number of allylic oxidation sites excluding steroid dienone is 1. The van der Waals surface area contributed by atoms with Gasteiger partial charge >= 0.3 is 0 Å². The average molecular weight is 256 g/mol. The Labute approximate surface area is 92.8 Å². The van der Waals surface area contributed by atoms with Gasteiger partial charge in [0.25, 0.3) is 0 Å². The van der Waals surface area contributed by atoms with Crippen LogP contribution in [0.4, 0.5) is 0 Å². The normalized spacial score (nSPS) is 11.0. The van der Waals surface area contributed by atoms with Gasteiger partial charge in [0.15, 0.2) is 0 Å². The second kappa shape index (κ2) is 6.74. The van der Waals surface area contributed by atoms with Crippen LogP contribution in [0.25, 0.3) is 6.08 Å². The summed E-state index contributed by atoms with van der Waals surface area (Å²) < 4.78 is 0.856. The fourth-order valence-electron chi connectivity index (χ4n) is 1.09. The minimum atomic E-state index is 0.281. The van der Waals surface area contributed by atoms with E-state index < -0.39 is 0 Å². The van der Waals surface area contributed by atoms with Crippen molar-refractivity contribution in [3.05, 3.63) is 34.6 Å². The van der Waals surface area contributed by atoms with Gasteiger partial charge in [0.1, 0.15) is 4.60 Å². The number of halogens is 1. The largest absolute Gasteiger partial charge is 0.396 e. The van der Waals surface area contributed by atoms with Crippen LogP contribution < -0.4 is 0 Å². The smallest absolute Gasteiger partial charge is 0.106 e. The monoisotopic (exact) mass is 255 g/mol. The molecule has 1 aromatic rings. The van der Waals surface area contributed by atoms with E-state index in [9.17, 15) is 0 Å². The van der Waals surface area contributed by atoms with Gasteiger partial charge in [-0.2, -0.15) is 0 Å². The maximum absolute atomic E-state index is 8.58. The zero-order chi connectivity index (χ0) is 10.2. The van der Waals surface area contributed by atoms with Gasteiger partial charge in [0.05, 0.1) is 5.69 Å². The van der Waals surface area contributed by atoms with E-state index in [1.807, 2.05) is 24.3 Å². The van der Waals surface area contributed by atoms with Crippen LogP contribution in [0.1, 0.15) is 25.0 Å². The highest BCUT2D eigenvalue weighted by molar-refractivity contribution is 9.10. The Balaban J connectivity index is 2.36. The minimum absolute atomic E-state index is 0.281. The summed E-state index contributed by atoms with van der Waals surface area (Å²) in [5, 5.41) is 8.58. The number of pyridine rings is 1. The van der Waals surface area contributed by atoms with Gasteiger partial charge in [-0.15, -0.1) is 0 Å². The summed E-state index contributed by atoms with van der Waals surface area (Å²) in [6.45, 7) is 0.281. The lowest BCUT2D eigenvalue weighted by Crippen LogP contribution is -1.82. The maximum Gasteiger partial charge on any atom is 0.106 e. The molecule has 1 rings (SSSR count). The van der Waals surface area contributed by atoms with Crippen molar-refractivity contribution >= 4 is 22.0 Å². The van der Waals surface area contributed by atoms with Crippen LogP contribution in [0.2, 0.25) is 0 Å². The second-order valence-electron chi connectivity index (χ2n) is 3.01. The lowest BCUT2D eigenvalue weighted by atomic mass is 10.2. The lowest BCUT2D eigenvalue weighted by Gasteiger charge is -1.94. The molecule has 0 aliphatic heterocycles. The van der Waals surface area contributed by atoms with Gasteiger partial charge in [0, 0.05) is 6.61 Å². The lowest BCUT2D eigenvalue weighted by molar-refractivity contribution is 0.285. The van der Waals surface area contributed by atoms with Crippen LogP contribution in [0.3, 0.4) is 0 Å². The summed E-state index contributed by atoms with van der Waals surface area (Å²) in [5.41, 5.74) is 0.961. The molecule has 0 bridgehead atoms. The number of hydrogen-bond donors (Lipinski definition) is 1. The van der Waals surface area contributed by atoms with Crippen molar-refractivity contribution in [2.24, 2.45) is 0 Å². The highest BCUT2D eigenvalue weighted by atomic mass is 79.9. The predicted molar refractivity (Wildman–Crippen MR) is 61.9 cm³/mol. The molecule has 0 aliphatic rings. The average Bonchev–Trinajstić information content (AvgIpc) is 2.18. The zero-order valence-electron chi connectivity index (χ0n) is 7.99. The van der Waals surface area contributed by atoms with Crippen LogP contribution in [0.15, 0.2) is 28.9 Å². The molecule has 0 saturated heterocycles. The Kier molecular flexibility index (Phi) is 5.49. The standard InChI is InChI=1S/C11H14BrNO/c12-11-8-5-7-10(13-11)6-3-1-2-4-9-14/h3,5-8,14H,1-2,4,9H2. The fraction of sp³-hybridized carbons (Fsp3) is 0.364. The topological polar surface area (TPSA) is 33.1 Å². The third kappa shape index (κ3) is 4.53. The van der Waals surface area contributed by atoms with Crippen LogP contribution >= 0.6 is 15.9 Å². The number of nitrogens with zero attached hydrogens (tertiary/aromatic N) is 1. The van der Waals surface area contributed by atoms with Gasteiger partial charge in [-0.3, -0.25) is 0 Å². The molecule has 0 saturated carbocycles. The van der Waals surface area contributed by atoms with Gasteiger partial charge in [-0.05, 0) is 53.4 Å². The highest BCUT2D eigenvalue weighted by Gasteiger charge is 1.89. The molecule has 0 atom stereocenters. The molecule has 3 heteroatoms. The van der Waals surface area contributed by atoms with E-state index in [4.69, 9.17) is 5.11 Å². The van der Waals surface area contributed by atoms with Crippen LogP contribution in [-0.2, 0) is 0 Å². The van der Waals surface area contributed by atoms with Crippen molar-refractivity contribution in [3.63, 3.8) is 0 Å². The number of rotatable bonds is 5. The summed E-state index contributed by atoms with van der Waals surface area (Å²) in [4.78, 5) is 4.27. The second-order valence-corrected chi connectivity index (χ2v) is 3.82. The highest BCUT2D eigenvalue weighted by Crippen LogP contribution is 2.08. The molecule has 1 N–H and O–H groups in total. The number of hydrogen-bond acceptors (Lipinski definition) is 2. The Hall–Kier alpha value is -0.670. The summed E-state index contributed by atoms with van der Waals surface area (Å²) in [5.74, 6) is 0. The van der Waals surface area contributed by atoms with Crippen LogP contribution in [0.5, 0.6) is 0 Å². The van der Waals surface area contributed by atoms with E-state index in [0.717, 1.165) is 29.6 Å². The number of aromatic nitrogens is 1. The Bertz CT molecular complexity index is 299. The molecule has 0 amide bonds. The minimum Gasteiger partial charge on any atom is -0.396 e. The Morgan fingerprint density at radius 3 is 2.93 bits per heavy atom. The molecule has 0 aromatic carbocycles. The van der Waals surface area contributed by atoms with Crippen molar-refractivity contribution in [2.75, 3.05) is 6.61 Å². The van der Waals surface area contributed by atoms with Crippen molar-refractivity contribution in [2.45, 2.75) is 19.3 Å². The molecular formula is C11H14BrNO. The van der Waals surface area contributed by atoms with Crippen LogP contribution in [0, 0.1) is 0 Å². The third-order valence-electron chi connectivity index (χ3n) is 1.80. The first-order valence-electron chi connectivity index (χ1n) is 4.73. The molecular weight excluding hydrogens is 242 g/mol. The maximum atomic E-state index is 8.58. The number of aliphatic hydroxyl groups excluding tert-OH is 1. The van der Waals surface area contributed by atoms with E-state index >= 15 is 0 Å². The van der Waals surface area contributed by atoms with Crippen molar-refractivity contribution in [1.82, 2.24) is 4.98 Å². The van der Waals surface area contributed by atoms with Crippen molar-refractivity contribution in [3.8, 4) is 0 Å². The van der Waals surface area contributed by atoms with E-state index in [1.165, 1.54) is 0 Å². The van der Waals surface area contributed by atoms with E-state index in [-0.39, 0.29) is 6.61 Å². The summed E-state index contributed by atoms with van der Waals surface area (Å²) in [6, 6.07) is 5.83. The first-order valence-corrected chi connectivity index (χ1v) is 5.52. The molecule has 2 nitrogen and oxygen atoms in total. The zero-order valence-corrected chi connectivity index (χ0v) is 9.57. The third-order valence-corrected chi connectivity index (χ3v) is 2.25. The predicted octanol–water partition coefficient (Wildman–Crippen LogP) is 3.02. The Morgan fingerprint density at radius 2 is 2.21 bits per heavy atom. The molecule has 0 spiro atoms. The molecule has 76 valence electrons. The SMILES string of the molecule is OCCCCC=Cc1cccc(Br)n1. The van der Waals surface area contributed by atoms with Crippen LogP contribution in [-0.4, -0.2) is 16.7 Å². The van der Waals surface area contributed by atoms with Gasteiger partial charge in [-0.25, -0.2) is 4.98 Å². The molecule has 0 aliphatic carbocycles. The van der Waals surface area contributed by atoms with E-state index in [1.54, 1.807) is 0 Å². The molecule has 1 heterocycles. The van der Waals surface area contributed by atoms with Gasteiger partial charge in [-0.1, -0.05) is 12.1 Å².